The van der Waals surface area contributed by atoms with Crippen molar-refractivity contribution in [1.82, 2.24) is 5.32 Å². The first-order chi connectivity index (χ1) is 9.82. The lowest BCUT2D eigenvalue weighted by Crippen LogP contribution is -2.44. The minimum atomic E-state index is -3.15. The molecule has 1 atom stereocenters. The van der Waals surface area contributed by atoms with Crippen LogP contribution in [0.4, 0.5) is 0 Å². The number of hydrogen-bond donors (Lipinski definition) is 2. The standard InChI is InChI=1S/C15H24N2O3S/c1-12(2)14(16)15(18)17-9-6-10-21(19,20)11-13-7-4-3-5-8-13/h3-5,7-8,12,14H,6,9-11,16H2,1-2H3,(H,17,18)/t14-/m0/s1. The average Bonchev–Trinajstić information content (AvgIpc) is 2.43. The van der Waals surface area contributed by atoms with Crippen LogP contribution in [0.3, 0.4) is 0 Å². The molecule has 0 unspecified atom stereocenters. The average molecular weight is 312 g/mol. The van der Waals surface area contributed by atoms with Crippen molar-refractivity contribution in [2.45, 2.75) is 32.1 Å². The van der Waals surface area contributed by atoms with E-state index >= 15 is 0 Å². The lowest BCUT2D eigenvalue weighted by atomic mass is 10.1. The van der Waals surface area contributed by atoms with Crippen LogP contribution in [0.1, 0.15) is 25.8 Å². The summed E-state index contributed by atoms with van der Waals surface area (Å²) in [5.74, 6) is -0.0795. The third-order valence-corrected chi connectivity index (χ3v) is 4.87. The van der Waals surface area contributed by atoms with Crippen LogP contribution in [-0.4, -0.2) is 32.7 Å². The van der Waals surface area contributed by atoms with E-state index in [1.54, 1.807) is 12.1 Å². The summed E-state index contributed by atoms with van der Waals surface area (Å²) in [5.41, 5.74) is 6.48. The molecule has 21 heavy (non-hydrogen) atoms. The van der Waals surface area contributed by atoms with Gasteiger partial charge in [-0.15, -0.1) is 0 Å². The fourth-order valence-electron chi connectivity index (χ4n) is 1.82. The topological polar surface area (TPSA) is 89.3 Å². The van der Waals surface area contributed by atoms with Crippen molar-refractivity contribution in [1.29, 1.82) is 0 Å². The van der Waals surface area contributed by atoms with E-state index in [-0.39, 0.29) is 23.3 Å². The fraction of sp³-hybridized carbons (Fsp3) is 0.533. The number of carbonyl (C=O) groups is 1. The maximum atomic E-state index is 11.9. The number of nitrogens with one attached hydrogen (secondary N) is 1. The molecule has 0 aliphatic carbocycles. The van der Waals surface area contributed by atoms with Crippen molar-refractivity contribution in [3.05, 3.63) is 35.9 Å². The van der Waals surface area contributed by atoms with Crippen LogP contribution in [0.25, 0.3) is 0 Å². The molecule has 1 rings (SSSR count). The number of amides is 1. The molecule has 0 bridgehead atoms. The van der Waals surface area contributed by atoms with Gasteiger partial charge in [0.25, 0.3) is 0 Å². The Balaban J connectivity index is 2.33. The molecule has 0 radical (unpaired) electrons. The Bertz CT molecular complexity index is 541. The quantitative estimate of drug-likeness (QED) is 0.703. The molecule has 0 fully saturated rings. The predicted octanol–water partition coefficient (Wildman–Crippen LogP) is 1.09. The summed E-state index contributed by atoms with van der Waals surface area (Å²) in [6, 6.07) is 8.52. The van der Waals surface area contributed by atoms with Crippen LogP contribution in [-0.2, 0) is 20.4 Å². The Hall–Kier alpha value is -1.40. The molecule has 0 heterocycles. The second kappa shape index (κ2) is 8.14. The smallest absolute Gasteiger partial charge is 0.237 e. The van der Waals surface area contributed by atoms with Crippen molar-refractivity contribution in [2.24, 2.45) is 11.7 Å². The maximum Gasteiger partial charge on any atom is 0.237 e. The van der Waals surface area contributed by atoms with E-state index in [4.69, 9.17) is 5.73 Å². The van der Waals surface area contributed by atoms with E-state index < -0.39 is 15.9 Å². The largest absolute Gasteiger partial charge is 0.355 e. The van der Waals surface area contributed by atoms with Gasteiger partial charge in [-0.1, -0.05) is 44.2 Å². The number of sulfone groups is 1. The van der Waals surface area contributed by atoms with E-state index in [0.717, 1.165) is 5.56 Å². The van der Waals surface area contributed by atoms with E-state index in [9.17, 15) is 13.2 Å². The molecule has 5 nitrogen and oxygen atoms in total. The van der Waals surface area contributed by atoms with Gasteiger partial charge in [-0.2, -0.15) is 0 Å². The van der Waals surface area contributed by atoms with Crippen LogP contribution in [0, 0.1) is 5.92 Å². The van der Waals surface area contributed by atoms with Crippen molar-refractivity contribution in [3.63, 3.8) is 0 Å². The van der Waals surface area contributed by atoms with Gasteiger partial charge < -0.3 is 11.1 Å². The Morgan fingerprint density at radius 2 is 1.86 bits per heavy atom. The van der Waals surface area contributed by atoms with Gasteiger partial charge in [0.2, 0.25) is 5.91 Å². The molecule has 1 aromatic rings. The van der Waals surface area contributed by atoms with Gasteiger partial charge in [0.15, 0.2) is 9.84 Å². The Kier molecular flexibility index (Phi) is 6.84. The highest BCUT2D eigenvalue weighted by atomic mass is 32.2. The molecular weight excluding hydrogens is 288 g/mol. The normalized spacial score (nSPS) is 13.1. The van der Waals surface area contributed by atoms with Gasteiger partial charge in [-0.3, -0.25) is 4.79 Å². The first kappa shape index (κ1) is 17.7. The van der Waals surface area contributed by atoms with Gasteiger partial charge in [0.1, 0.15) is 0 Å². The molecule has 1 amide bonds. The number of benzene rings is 1. The molecule has 118 valence electrons. The number of rotatable bonds is 8. The van der Waals surface area contributed by atoms with E-state index in [1.165, 1.54) is 0 Å². The monoisotopic (exact) mass is 312 g/mol. The molecule has 6 heteroatoms. The van der Waals surface area contributed by atoms with Crippen LogP contribution >= 0.6 is 0 Å². The van der Waals surface area contributed by atoms with Crippen LogP contribution < -0.4 is 11.1 Å². The second-order valence-electron chi connectivity index (χ2n) is 5.49. The van der Waals surface area contributed by atoms with Crippen molar-refractivity contribution < 1.29 is 13.2 Å². The minimum Gasteiger partial charge on any atom is -0.355 e. The van der Waals surface area contributed by atoms with Gasteiger partial charge in [0.05, 0.1) is 17.5 Å². The zero-order chi connectivity index (χ0) is 15.9. The summed E-state index contributed by atoms with van der Waals surface area (Å²) in [4.78, 5) is 11.6. The summed E-state index contributed by atoms with van der Waals surface area (Å²) in [6.07, 6.45) is 0.395. The lowest BCUT2D eigenvalue weighted by molar-refractivity contribution is -0.123. The maximum absolute atomic E-state index is 11.9. The molecule has 0 spiro atoms. The molecular formula is C15H24N2O3S. The molecule has 0 saturated heterocycles. The Morgan fingerprint density at radius 3 is 2.43 bits per heavy atom. The van der Waals surface area contributed by atoms with E-state index in [0.29, 0.717) is 13.0 Å². The van der Waals surface area contributed by atoms with Crippen molar-refractivity contribution >= 4 is 15.7 Å². The van der Waals surface area contributed by atoms with Crippen LogP contribution in [0.15, 0.2) is 30.3 Å². The van der Waals surface area contributed by atoms with Crippen molar-refractivity contribution in [3.8, 4) is 0 Å². The van der Waals surface area contributed by atoms with Gasteiger partial charge in [-0.25, -0.2) is 8.42 Å². The van der Waals surface area contributed by atoms with Gasteiger partial charge in [0, 0.05) is 6.54 Å². The number of nitrogens with two attached hydrogens (primary N) is 1. The summed E-state index contributed by atoms with van der Waals surface area (Å²) in [5, 5.41) is 2.67. The Labute approximate surface area is 126 Å². The predicted molar refractivity (Wildman–Crippen MR) is 84.4 cm³/mol. The number of hydrogen-bond acceptors (Lipinski definition) is 4. The van der Waals surface area contributed by atoms with Crippen LogP contribution in [0.2, 0.25) is 0 Å². The van der Waals surface area contributed by atoms with E-state index in [2.05, 4.69) is 5.32 Å². The molecule has 0 aliphatic heterocycles. The van der Waals surface area contributed by atoms with Gasteiger partial charge in [-0.05, 0) is 17.9 Å². The number of carbonyl (C=O) groups excluding carboxylic acids is 1. The fourth-order valence-corrected chi connectivity index (χ4v) is 3.25. The van der Waals surface area contributed by atoms with E-state index in [1.807, 2.05) is 32.0 Å². The lowest BCUT2D eigenvalue weighted by Gasteiger charge is -2.15. The summed E-state index contributed by atoms with van der Waals surface area (Å²) < 4.78 is 23.9. The second-order valence-corrected chi connectivity index (χ2v) is 7.68. The first-order valence-electron chi connectivity index (χ1n) is 7.09. The Morgan fingerprint density at radius 1 is 1.24 bits per heavy atom. The molecule has 3 N–H and O–H groups in total. The highest BCUT2D eigenvalue weighted by Crippen LogP contribution is 2.07. The highest BCUT2D eigenvalue weighted by molar-refractivity contribution is 7.90. The highest BCUT2D eigenvalue weighted by Gasteiger charge is 2.17. The zero-order valence-electron chi connectivity index (χ0n) is 12.6. The first-order valence-corrected chi connectivity index (χ1v) is 8.91. The van der Waals surface area contributed by atoms with Crippen molar-refractivity contribution in [2.75, 3.05) is 12.3 Å². The van der Waals surface area contributed by atoms with Gasteiger partial charge >= 0.3 is 0 Å². The van der Waals surface area contributed by atoms with Crippen LogP contribution in [0.5, 0.6) is 0 Å². The molecule has 1 aromatic carbocycles. The third kappa shape index (κ3) is 6.73. The third-order valence-electron chi connectivity index (χ3n) is 3.18. The zero-order valence-corrected chi connectivity index (χ0v) is 13.4. The summed E-state index contributed by atoms with van der Waals surface area (Å²) >= 11 is 0. The summed E-state index contributed by atoms with van der Waals surface area (Å²) in [6.45, 7) is 4.07. The summed E-state index contributed by atoms with van der Waals surface area (Å²) in [7, 11) is -3.15. The SMILES string of the molecule is CC(C)[C@H](N)C(=O)NCCCS(=O)(=O)Cc1ccccc1. The molecule has 0 saturated carbocycles. The molecule has 0 aromatic heterocycles. The minimum absolute atomic E-state index is 0.0350. The molecule has 0 aliphatic rings.